The molecule has 1 amide bonds. The number of anilines is 2. The average Bonchev–Trinajstić information content (AvgIpc) is 2.95. The second-order valence-electron chi connectivity index (χ2n) is 9.64. The molecule has 222 valence electrons. The van der Waals surface area contributed by atoms with Crippen LogP contribution in [0.5, 0.6) is 5.75 Å². The lowest BCUT2D eigenvalue weighted by molar-refractivity contribution is -0.138. The van der Waals surface area contributed by atoms with Crippen molar-refractivity contribution < 1.29 is 22.7 Å². The van der Waals surface area contributed by atoms with Crippen LogP contribution in [0.3, 0.4) is 0 Å². The Morgan fingerprint density at radius 1 is 1.12 bits per heavy atom. The first-order chi connectivity index (χ1) is 19.9. The van der Waals surface area contributed by atoms with E-state index in [0.717, 1.165) is 37.9 Å². The van der Waals surface area contributed by atoms with Crippen LogP contribution in [0.4, 0.5) is 24.5 Å². The largest absolute Gasteiger partial charge is 0.496 e. The van der Waals surface area contributed by atoms with Gasteiger partial charge in [-0.3, -0.25) is 9.79 Å². The molecule has 11 nitrogen and oxygen atoms in total. The lowest BCUT2D eigenvalue weighted by atomic mass is 10.1. The molecule has 2 aliphatic rings. The molecule has 1 fully saturated rings. The van der Waals surface area contributed by atoms with Gasteiger partial charge in [-0.05, 0) is 49.9 Å². The summed E-state index contributed by atoms with van der Waals surface area (Å²) in [6, 6.07) is 8.05. The molecule has 0 spiro atoms. The van der Waals surface area contributed by atoms with Gasteiger partial charge < -0.3 is 36.6 Å². The quantitative estimate of drug-likeness (QED) is 0.408. The molecule has 2 heterocycles. The number of ether oxygens (including phenoxy) is 1. The molecule has 0 aliphatic carbocycles. The molecule has 1 saturated heterocycles. The van der Waals surface area contributed by atoms with Crippen molar-refractivity contribution in [2.45, 2.75) is 13.1 Å². The number of likely N-dealkylation sites (N-methyl/N-ethyl adjacent to an activating group) is 1. The van der Waals surface area contributed by atoms with E-state index in [0.29, 0.717) is 24.7 Å². The van der Waals surface area contributed by atoms with Crippen molar-refractivity contribution in [2.75, 3.05) is 51.0 Å². The smallest absolute Gasteiger partial charge is 0.420 e. The Bertz CT molecular complexity index is 1500. The molecular weight excluding hydrogens is 551 g/mol. The molecule has 2 aromatic carbocycles. The minimum atomic E-state index is -4.66. The number of piperazine rings is 1. The molecule has 42 heavy (non-hydrogen) atoms. The number of carbonyl (C=O) groups excluding carboxylic acids is 1. The minimum absolute atomic E-state index is 0.0436. The number of alkyl halides is 3. The van der Waals surface area contributed by atoms with Crippen molar-refractivity contribution in [3.8, 4) is 5.75 Å². The van der Waals surface area contributed by atoms with Crippen molar-refractivity contribution in [1.29, 1.82) is 0 Å². The molecule has 4 rings (SSSR count). The average molecular weight is 584 g/mol. The highest BCUT2D eigenvalue weighted by Crippen LogP contribution is 2.37. The molecule has 0 aromatic heterocycles. The van der Waals surface area contributed by atoms with Gasteiger partial charge in [-0.1, -0.05) is 12.6 Å². The number of aryl methyl sites for hydroxylation is 1. The Balaban J connectivity index is 1.62. The van der Waals surface area contributed by atoms with Gasteiger partial charge in [-0.15, -0.1) is 0 Å². The number of aliphatic imine (C=N–C) groups is 3. The second kappa shape index (κ2) is 12.3. The number of hydrogen-bond acceptors (Lipinski definition) is 10. The first kappa shape index (κ1) is 30.1. The summed E-state index contributed by atoms with van der Waals surface area (Å²) < 4.78 is 45.1. The van der Waals surface area contributed by atoms with Crippen LogP contribution < -0.4 is 26.8 Å². The van der Waals surface area contributed by atoms with E-state index in [9.17, 15) is 18.0 Å². The monoisotopic (exact) mass is 583 g/mol. The number of carbonyl (C=O) groups is 1. The van der Waals surface area contributed by atoms with E-state index in [1.54, 1.807) is 19.1 Å². The van der Waals surface area contributed by atoms with Crippen LogP contribution in [0.2, 0.25) is 0 Å². The summed E-state index contributed by atoms with van der Waals surface area (Å²) in [5, 5.41) is 5.58. The number of benzene rings is 2. The van der Waals surface area contributed by atoms with Gasteiger partial charge in [-0.2, -0.15) is 18.2 Å². The predicted molar refractivity (Wildman–Crippen MR) is 158 cm³/mol. The van der Waals surface area contributed by atoms with E-state index in [4.69, 9.17) is 16.2 Å². The van der Waals surface area contributed by atoms with Crippen LogP contribution in [-0.4, -0.2) is 73.6 Å². The molecule has 0 unspecified atom stereocenters. The predicted octanol–water partition coefficient (Wildman–Crippen LogP) is 3.37. The summed E-state index contributed by atoms with van der Waals surface area (Å²) in [5.74, 6) is -0.337. The SMILES string of the molecule is C=C/N=C1/C(N)=NC(N2CCN(C)CC2)=N/C1=C(/N)Nc1cc(C(=O)Nc2ccc(OC)c(C(F)(F)F)c2)ccc1C. The van der Waals surface area contributed by atoms with E-state index >= 15 is 0 Å². The molecule has 0 bridgehead atoms. The van der Waals surface area contributed by atoms with Gasteiger partial charge in [0.05, 0.1) is 12.7 Å². The Hall–Kier alpha value is -4.85. The van der Waals surface area contributed by atoms with Gasteiger partial charge in [0.1, 0.15) is 23.0 Å². The van der Waals surface area contributed by atoms with Crippen LogP contribution in [0, 0.1) is 6.92 Å². The molecule has 2 aromatic rings. The van der Waals surface area contributed by atoms with Gasteiger partial charge in [-0.25, -0.2) is 4.99 Å². The number of amides is 1. The summed E-state index contributed by atoms with van der Waals surface area (Å²) in [5.41, 5.74) is 13.5. The zero-order valence-corrected chi connectivity index (χ0v) is 23.4. The number of amidine groups is 1. The van der Waals surface area contributed by atoms with E-state index in [-0.39, 0.29) is 40.1 Å². The number of nitrogens with zero attached hydrogens (tertiary/aromatic N) is 5. The summed E-state index contributed by atoms with van der Waals surface area (Å²) >= 11 is 0. The minimum Gasteiger partial charge on any atom is -0.496 e. The van der Waals surface area contributed by atoms with Gasteiger partial charge >= 0.3 is 6.18 Å². The molecule has 6 N–H and O–H groups in total. The maximum Gasteiger partial charge on any atom is 0.420 e. The van der Waals surface area contributed by atoms with Crippen molar-refractivity contribution in [1.82, 2.24) is 9.80 Å². The summed E-state index contributed by atoms with van der Waals surface area (Å²) in [6.45, 7) is 8.50. The lowest BCUT2D eigenvalue weighted by Crippen LogP contribution is -2.48. The number of hydrogen-bond donors (Lipinski definition) is 4. The van der Waals surface area contributed by atoms with E-state index in [1.165, 1.54) is 18.3 Å². The van der Waals surface area contributed by atoms with Crippen LogP contribution in [0.15, 0.2) is 75.7 Å². The fourth-order valence-corrected chi connectivity index (χ4v) is 4.33. The third-order valence-corrected chi connectivity index (χ3v) is 6.69. The molecule has 0 atom stereocenters. The highest BCUT2D eigenvalue weighted by atomic mass is 19.4. The highest BCUT2D eigenvalue weighted by molar-refractivity contribution is 6.49. The number of nitrogens with two attached hydrogens (primary N) is 2. The van der Waals surface area contributed by atoms with Crippen molar-refractivity contribution in [2.24, 2.45) is 26.4 Å². The first-order valence-corrected chi connectivity index (χ1v) is 12.9. The summed E-state index contributed by atoms with van der Waals surface area (Å²) in [4.78, 5) is 30.5. The highest BCUT2D eigenvalue weighted by Gasteiger charge is 2.34. The maximum absolute atomic E-state index is 13.4. The second-order valence-corrected chi connectivity index (χ2v) is 9.64. The molecule has 0 saturated carbocycles. The Morgan fingerprint density at radius 2 is 1.83 bits per heavy atom. The Kier molecular flexibility index (Phi) is 8.85. The third kappa shape index (κ3) is 6.71. The number of guanidine groups is 1. The first-order valence-electron chi connectivity index (χ1n) is 12.9. The van der Waals surface area contributed by atoms with E-state index in [2.05, 4.69) is 37.1 Å². The van der Waals surface area contributed by atoms with Crippen molar-refractivity contribution in [3.05, 3.63) is 77.4 Å². The fraction of sp³-hybridized carbons (Fsp3) is 0.286. The van der Waals surface area contributed by atoms with Gasteiger partial charge in [0, 0.05) is 49.3 Å². The van der Waals surface area contributed by atoms with Crippen LogP contribution >= 0.6 is 0 Å². The fourth-order valence-electron chi connectivity index (χ4n) is 4.33. The summed E-state index contributed by atoms with van der Waals surface area (Å²) in [6.07, 6.45) is -3.35. The Labute approximate surface area is 241 Å². The standard InChI is InChI=1S/C28H32F3N9O2/c1-5-34-22-23(37-27(38-24(22)32)40-12-10-39(3)11-13-40)25(33)36-20-14-17(7-6-16(20)2)26(41)35-18-8-9-21(42-4)19(15-18)28(29,30)31/h5-9,14-15,36H,1,10-13,33H2,2-4H3,(H,35,41)(H2,32,37,38)/b25-23-,34-22+. The molecular formula is C28H32F3N9O2. The number of nitrogens with one attached hydrogen (secondary N) is 2. The van der Waals surface area contributed by atoms with Gasteiger partial charge in [0.25, 0.3) is 5.91 Å². The number of halogens is 3. The number of rotatable bonds is 6. The maximum atomic E-state index is 13.4. The third-order valence-electron chi connectivity index (χ3n) is 6.69. The normalized spacial score (nSPS) is 18.2. The van der Waals surface area contributed by atoms with Crippen molar-refractivity contribution >= 4 is 34.8 Å². The van der Waals surface area contributed by atoms with Gasteiger partial charge in [0.2, 0.25) is 5.96 Å². The Morgan fingerprint density at radius 3 is 2.48 bits per heavy atom. The van der Waals surface area contributed by atoms with Crippen LogP contribution in [0.25, 0.3) is 0 Å². The zero-order valence-electron chi connectivity index (χ0n) is 23.4. The number of methoxy groups -OCH3 is 1. The van der Waals surface area contributed by atoms with Crippen LogP contribution in [0.1, 0.15) is 21.5 Å². The summed E-state index contributed by atoms with van der Waals surface area (Å²) in [7, 11) is 3.18. The van der Waals surface area contributed by atoms with Crippen molar-refractivity contribution in [3.63, 3.8) is 0 Å². The van der Waals surface area contributed by atoms with E-state index in [1.807, 2.05) is 11.9 Å². The lowest BCUT2D eigenvalue weighted by Gasteiger charge is -2.34. The molecule has 14 heteroatoms. The van der Waals surface area contributed by atoms with E-state index < -0.39 is 17.6 Å². The zero-order chi connectivity index (χ0) is 30.6. The van der Waals surface area contributed by atoms with Gasteiger partial charge in [0.15, 0.2) is 5.84 Å². The topological polar surface area (TPSA) is 146 Å². The van der Waals surface area contributed by atoms with Crippen LogP contribution in [-0.2, 0) is 6.18 Å². The molecule has 2 aliphatic heterocycles. The molecule has 0 radical (unpaired) electrons.